The monoisotopic (exact) mass is 211 g/mol. The lowest BCUT2D eigenvalue weighted by Crippen LogP contribution is -2.70. The molecule has 2 fully saturated rings. The van der Waals surface area contributed by atoms with E-state index in [-0.39, 0.29) is 17.5 Å². The first-order valence-electron chi connectivity index (χ1n) is 5.95. The van der Waals surface area contributed by atoms with Crippen molar-refractivity contribution in [2.24, 2.45) is 5.73 Å². The highest BCUT2D eigenvalue weighted by Crippen LogP contribution is 2.26. The lowest BCUT2D eigenvalue weighted by atomic mass is 9.86. The topological polar surface area (TPSA) is 58.4 Å². The molecular formula is C11H21N3O. The second-order valence-corrected chi connectivity index (χ2v) is 4.92. The van der Waals surface area contributed by atoms with Crippen molar-refractivity contribution < 1.29 is 4.79 Å². The van der Waals surface area contributed by atoms with Crippen molar-refractivity contribution in [2.45, 2.75) is 44.2 Å². The van der Waals surface area contributed by atoms with Crippen LogP contribution in [0.3, 0.4) is 0 Å². The molecule has 0 radical (unpaired) electrons. The summed E-state index contributed by atoms with van der Waals surface area (Å²) in [6, 6.07) is 0.0794. The van der Waals surface area contributed by atoms with Crippen LogP contribution in [0.4, 0.5) is 0 Å². The lowest BCUT2D eigenvalue weighted by molar-refractivity contribution is -0.129. The predicted octanol–water partition coefficient (Wildman–Crippen LogP) is 0.0782. The van der Waals surface area contributed by atoms with E-state index in [1.54, 1.807) is 0 Å². The van der Waals surface area contributed by atoms with Gasteiger partial charge in [0.15, 0.2) is 0 Å². The maximum absolute atomic E-state index is 11.8. The molecule has 1 atom stereocenters. The summed E-state index contributed by atoms with van der Waals surface area (Å²) in [5.74, 6) is 0.200. The van der Waals surface area contributed by atoms with Gasteiger partial charge >= 0.3 is 0 Å². The van der Waals surface area contributed by atoms with Gasteiger partial charge in [0, 0.05) is 25.2 Å². The van der Waals surface area contributed by atoms with Crippen LogP contribution in [0.1, 0.15) is 32.6 Å². The standard InChI is InChI=1S/C11H21N3O/c1-2-11(12)7-14(8-11)9-5-3-4-6-13-10(9)15/h9H,2-8,12H2,1H3,(H,13,15). The van der Waals surface area contributed by atoms with Gasteiger partial charge in [-0.05, 0) is 25.7 Å². The minimum absolute atomic E-state index is 0.0351. The van der Waals surface area contributed by atoms with Crippen LogP contribution in [0.25, 0.3) is 0 Å². The van der Waals surface area contributed by atoms with Crippen LogP contribution in [0.5, 0.6) is 0 Å². The third kappa shape index (κ3) is 2.16. The maximum atomic E-state index is 11.8. The molecule has 2 heterocycles. The first-order chi connectivity index (χ1) is 7.14. The normalized spacial score (nSPS) is 31.6. The summed E-state index contributed by atoms with van der Waals surface area (Å²) >= 11 is 0. The van der Waals surface area contributed by atoms with E-state index >= 15 is 0 Å². The number of amides is 1. The van der Waals surface area contributed by atoms with Crippen molar-refractivity contribution in [3.63, 3.8) is 0 Å². The molecule has 86 valence electrons. The zero-order valence-corrected chi connectivity index (χ0v) is 9.46. The smallest absolute Gasteiger partial charge is 0.237 e. The largest absolute Gasteiger partial charge is 0.355 e. The van der Waals surface area contributed by atoms with Gasteiger partial charge in [-0.25, -0.2) is 0 Å². The van der Waals surface area contributed by atoms with Gasteiger partial charge in [-0.2, -0.15) is 0 Å². The molecular weight excluding hydrogens is 190 g/mol. The molecule has 2 aliphatic rings. The molecule has 1 unspecified atom stereocenters. The van der Waals surface area contributed by atoms with Crippen molar-refractivity contribution in [1.82, 2.24) is 10.2 Å². The molecule has 15 heavy (non-hydrogen) atoms. The number of carbonyl (C=O) groups excluding carboxylic acids is 1. The second-order valence-electron chi connectivity index (χ2n) is 4.92. The van der Waals surface area contributed by atoms with Crippen LogP contribution in [-0.4, -0.2) is 42.0 Å². The Hall–Kier alpha value is -0.610. The van der Waals surface area contributed by atoms with Gasteiger partial charge in [0.25, 0.3) is 0 Å². The van der Waals surface area contributed by atoms with Gasteiger partial charge in [-0.3, -0.25) is 9.69 Å². The Labute approximate surface area is 91.2 Å². The van der Waals surface area contributed by atoms with Crippen molar-refractivity contribution >= 4 is 5.91 Å². The number of nitrogens with zero attached hydrogens (tertiary/aromatic N) is 1. The van der Waals surface area contributed by atoms with Crippen LogP contribution >= 0.6 is 0 Å². The van der Waals surface area contributed by atoms with Crippen LogP contribution in [0.15, 0.2) is 0 Å². The van der Waals surface area contributed by atoms with Crippen LogP contribution in [0, 0.1) is 0 Å². The Morgan fingerprint density at radius 2 is 2.27 bits per heavy atom. The first-order valence-corrected chi connectivity index (χ1v) is 5.95. The summed E-state index contributed by atoms with van der Waals surface area (Å²) < 4.78 is 0. The highest BCUT2D eigenvalue weighted by Gasteiger charge is 2.43. The molecule has 4 heteroatoms. The summed E-state index contributed by atoms with van der Waals surface area (Å²) in [4.78, 5) is 14.0. The quantitative estimate of drug-likeness (QED) is 0.680. The zero-order chi connectivity index (χ0) is 10.9. The highest BCUT2D eigenvalue weighted by molar-refractivity contribution is 5.82. The number of hydrogen-bond donors (Lipinski definition) is 2. The average molecular weight is 211 g/mol. The Bertz CT molecular complexity index is 248. The van der Waals surface area contributed by atoms with Crippen molar-refractivity contribution in [1.29, 1.82) is 0 Å². The van der Waals surface area contributed by atoms with E-state index in [9.17, 15) is 4.79 Å². The summed E-state index contributed by atoms with van der Waals surface area (Å²) in [5, 5.41) is 2.97. The van der Waals surface area contributed by atoms with Gasteiger partial charge < -0.3 is 11.1 Å². The molecule has 0 aromatic rings. The van der Waals surface area contributed by atoms with Gasteiger partial charge in [0.05, 0.1) is 6.04 Å². The second kappa shape index (κ2) is 4.10. The molecule has 2 saturated heterocycles. The van der Waals surface area contributed by atoms with Crippen LogP contribution in [0.2, 0.25) is 0 Å². The summed E-state index contributed by atoms with van der Waals surface area (Å²) in [7, 11) is 0. The lowest BCUT2D eigenvalue weighted by Gasteiger charge is -2.50. The fourth-order valence-electron chi connectivity index (χ4n) is 2.48. The third-order valence-corrected chi connectivity index (χ3v) is 3.69. The van der Waals surface area contributed by atoms with Crippen molar-refractivity contribution in [3.05, 3.63) is 0 Å². The third-order valence-electron chi connectivity index (χ3n) is 3.69. The van der Waals surface area contributed by atoms with Gasteiger partial charge in [0.2, 0.25) is 5.91 Å². The molecule has 0 saturated carbocycles. The fourth-order valence-corrected chi connectivity index (χ4v) is 2.48. The van der Waals surface area contributed by atoms with E-state index in [1.807, 2.05) is 0 Å². The van der Waals surface area contributed by atoms with Gasteiger partial charge in [0.1, 0.15) is 0 Å². The van der Waals surface area contributed by atoms with E-state index in [0.717, 1.165) is 45.3 Å². The van der Waals surface area contributed by atoms with Gasteiger partial charge in [-0.15, -0.1) is 0 Å². The Kier molecular flexibility index (Phi) is 2.98. The number of likely N-dealkylation sites (tertiary alicyclic amines) is 1. The maximum Gasteiger partial charge on any atom is 0.237 e. The molecule has 0 aliphatic carbocycles. The van der Waals surface area contributed by atoms with Crippen LogP contribution in [-0.2, 0) is 4.79 Å². The Balaban J connectivity index is 1.91. The molecule has 0 aromatic carbocycles. The molecule has 0 bridgehead atoms. The molecule has 1 amide bonds. The van der Waals surface area contributed by atoms with E-state index in [2.05, 4.69) is 17.1 Å². The van der Waals surface area contributed by atoms with Crippen LogP contribution < -0.4 is 11.1 Å². The van der Waals surface area contributed by atoms with E-state index in [1.165, 1.54) is 0 Å². The highest BCUT2D eigenvalue weighted by atomic mass is 16.2. The summed E-state index contributed by atoms with van der Waals surface area (Å²) in [6.07, 6.45) is 4.24. The van der Waals surface area contributed by atoms with E-state index < -0.39 is 0 Å². The van der Waals surface area contributed by atoms with E-state index in [0.29, 0.717) is 0 Å². The number of carbonyl (C=O) groups is 1. The SMILES string of the molecule is CCC1(N)CN(C2CCCCNC2=O)C1. The Morgan fingerprint density at radius 1 is 1.53 bits per heavy atom. The molecule has 3 N–H and O–H groups in total. The molecule has 2 aliphatic heterocycles. The minimum atomic E-state index is -0.0351. The molecule has 0 spiro atoms. The van der Waals surface area contributed by atoms with Crippen molar-refractivity contribution in [3.8, 4) is 0 Å². The summed E-state index contributed by atoms with van der Waals surface area (Å²) in [5.41, 5.74) is 6.08. The summed E-state index contributed by atoms with van der Waals surface area (Å²) in [6.45, 7) is 4.71. The first kappa shape index (κ1) is 10.9. The fraction of sp³-hybridized carbons (Fsp3) is 0.909. The number of nitrogens with one attached hydrogen (secondary N) is 1. The predicted molar refractivity (Wildman–Crippen MR) is 59.4 cm³/mol. The van der Waals surface area contributed by atoms with Gasteiger partial charge in [-0.1, -0.05) is 6.92 Å². The zero-order valence-electron chi connectivity index (χ0n) is 9.46. The van der Waals surface area contributed by atoms with Crippen molar-refractivity contribution in [2.75, 3.05) is 19.6 Å². The van der Waals surface area contributed by atoms with E-state index in [4.69, 9.17) is 5.73 Å². The number of nitrogens with two attached hydrogens (primary N) is 1. The molecule has 2 rings (SSSR count). The number of rotatable bonds is 2. The molecule has 0 aromatic heterocycles. The number of hydrogen-bond acceptors (Lipinski definition) is 3. The average Bonchev–Trinajstić information content (AvgIpc) is 2.38. The minimum Gasteiger partial charge on any atom is -0.355 e. The Morgan fingerprint density at radius 3 is 2.93 bits per heavy atom. The molecule has 4 nitrogen and oxygen atoms in total.